The van der Waals surface area contributed by atoms with Gasteiger partial charge in [0.1, 0.15) is 0 Å². The lowest BCUT2D eigenvalue weighted by Gasteiger charge is -2.15. The van der Waals surface area contributed by atoms with Crippen molar-refractivity contribution in [2.45, 2.75) is 5.92 Å². The van der Waals surface area contributed by atoms with Crippen LogP contribution >= 0.6 is 11.3 Å². The van der Waals surface area contributed by atoms with E-state index in [4.69, 9.17) is 0 Å². The second kappa shape index (κ2) is 7.89. The zero-order valence-electron chi connectivity index (χ0n) is 21.0. The average molecular weight is 515 g/mol. The second-order valence-electron chi connectivity index (χ2n) is 10.4. The molecule has 6 aromatic carbocycles. The highest BCUT2D eigenvalue weighted by atomic mass is 32.1. The van der Waals surface area contributed by atoms with Gasteiger partial charge in [0.15, 0.2) is 0 Å². The van der Waals surface area contributed by atoms with E-state index >= 15 is 0 Å². The van der Waals surface area contributed by atoms with Crippen molar-refractivity contribution < 1.29 is 0 Å². The third-order valence-corrected chi connectivity index (χ3v) is 9.19. The molecule has 0 saturated heterocycles. The van der Waals surface area contributed by atoms with Gasteiger partial charge in [-0.3, -0.25) is 0 Å². The molecule has 0 radical (unpaired) electrons. The minimum atomic E-state index is 0.195. The minimum absolute atomic E-state index is 0.195. The Hall–Kier alpha value is -4.73. The molecular weight excluding hydrogens is 492 g/mol. The predicted octanol–water partition coefficient (Wildman–Crippen LogP) is 9.71. The third kappa shape index (κ3) is 2.94. The van der Waals surface area contributed by atoms with E-state index in [2.05, 4.69) is 131 Å². The molecule has 9 rings (SSSR count). The van der Waals surface area contributed by atoms with Crippen molar-refractivity contribution in [3.05, 3.63) is 144 Å². The van der Waals surface area contributed by atoms with E-state index in [0.29, 0.717) is 0 Å². The molecule has 0 saturated carbocycles. The van der Waals surface area contributed by atoms with Gasteiger partial charge in [0, 0.05) is 22.4 Å². The molecule has 1 aliphatic carbocycles. The van der Waals surface area contributed by atoms with E-state index in [0.717, 1.165) is 5.52 Å². The van der Waals surface area contributed by atoms with Gasteiger partial charge in [-0.25, -0.2) is 4.98 Å². The van der Waals surface area contributed by atoms with Gasteiger partial charge in [-0.05, 0) is 75.0 Å². The number of para-hydroxylation sites is 1. The van der Waals surface area contributed by atoms with Gasteiger partial charge in [0.05, 0.1) is 26.8 Å². The van der Waals surface area contributed by atoms with Gasteiger partial charge in [0.25, 0.3) is 0 Å². The van der Waals surface area contributed by atoms with E-state index in [9.17, 15) is 0 Å². The molecule has 1 unspecified atom stereocenters. The first-order valence-electron chi connectivity index (χ1n) is 13.3. The monoisotopic (exact) mass is 514 g/mol. The first-order chi connectivity index (χ1) is 19.3. The van der Waals surface area contributed by atoms with Gasteiger partial charge < -0.3 is 4.57 Å². The summed E-state index contributed by atoms with van der Waals surface area (Å²) in [6, 6.07) is 44.8. The van der Waals surface area contributed by atoms with Crippen LogP contribution in [0.15, 0.2) is 127 Å². The molecule has 1 atom stereocenters. The topological polar surface area (TPSA) is 17.8 Å². The zero-order valence-corrected chi connectivity index (χ0v) is 21.8. The molecule has 0 spiro atoms. The van der Waals surface area contributed by atoms with Gasteiger partial charge in [-0.1, -0.05) is 84.9 Å². The number of aromatic nitrogens is 2. The Labute approximate surface area is 229 Å². The molecule has 0 aliphatic heterocycles. The molecule has 182 valence electrons. The van der Waals surface area contributed by atoms with Crippen molar-refractivity contribution in [2.24, 2.45) is 0 Å². The molecular formula is C36H22N2S. The summed E-state index contributed by atoms with van der Waals surface area (Å²) in [5, 5.41) is 5.19. The van der Waals surface area contributed by atoms with Gasteiger partial charge in [-0.2, -0.15) is 0 Å². The van der Waals surface area contributed by atoms with Crippen LogP contribution in [0.3, 0.4) is 0 Å². The fourth-order valence-electron chi connectivity index (χ4n) is 6.75. The van der Waals surface area contributed by atoms with Crippen LogP contribution in [0.5, 0.6) is 0 Å². The van der Waals surface area contributed by atoms with Crippen molar-refractivity contribution in [1.29, 1.82) is 0 Å². The highest BCUT2D eigenvalue weighted by molar-refractivity contribution is 7.16. The summed E-state index contributed by atoms with van der Waals surface area (Å²) < 4.78 is 3.65. The standard InChI is InChI=1S/C36H22N2S/c1-2-9-23(10-3-1)35-27-16-14-22-8-4-5-11-25(22)36(27)29-19-28-26-12-6-7-13-32(26)38(33(28)20-30(29)35)24-15-17-31-34(18-24)39-21-37-31/h1-21,35H. The Morgan fingerprint density at radius 3 is 2.36 bits per heavy atom. The summed E-state index contributed by atoms with van der Waals surface area (Å²) in [7, 11) is 0. The Morgan fingerprint density at radius 1 is 0.615 bits per heavy atom. The fourth-order valence-corrected chi connectivity index (χ4v) is 7.46. The van der Waals surface area contributed by atoms with Crippen LogP contribution in [0.1, 0.15) is 22.6 Å². The maximum absolute atomic E-state index is 4.51. The van der Waals surface area contributed by atoms with Crippen LogP contribution in [0, 0.1) is 0 Å². The van der Waals surface area contributed by atoms with Crippen LogP contribution in [0.25, 0.3) is 59.6 Å². The number of nitrogens with zero attached hydrogens (tertiary/aromatic N) is 2. The van der Waals surface area contributed by atoms with Crippen molar-refractivity contribution in [1.82, 2.24) is 9.55 Å². The summed E-state index contributed by atoms with van der Waals surface area (Å²) in [5.74, 6) is 0.195. The van der Waals surface area contributed by atoms with Crippen molar-refractivity contribution in [2.75, 3.05) is 0 Å². The lowest BCUT2D eigenvalue weighted by molar-refractivity contribution is 1.02. The van der Waals surface area contributed by atoms with Crippen LogP contribution in [-0.4, -0.2) is 9.55 Å². The maximum Gasteiger partial charge on any atom is 0.0813 e. The van der Waals surface area contributed by atoms with Crippen LogP contribution in [0.2, 0.25) is 0 Å². The predicted molar refractivity (Wildman–Crippen MR) is 164 cm³/mol. The first-order valence-corrected chi connectivity index (χ1v) is 14.2. The van der Waals surface area contributed by atoms with Crippen molar-refractivity contribution in [3.8, 4) is 16.8 Å². The van der Waals surface area contributed by atoms with E-state index < -0.39 is 0 Å². The molecule has 0 fully saturated rings. The summed E-state index contributed by atoms with van der Waals surface area (Å²) in [4.78, 5) is 4.51. The van der Waals surface area contributed by atoms with Crippen LogP contribution < -0.4 is 0 Å². The number of hydrogen-bond acceptors (Lipinski definition) is 2. The molecule has 8 aromatic rings. The second-order valence-corrected chi connectivity index (χ2v) is 11.3. The average Bonchev–Trinajstić information content (AvgIpc) is 3.68. The molecule has 39 heavy (non-hydrogen) atoms. The van der Waals surface area contributed by atoms with Gasteiger partial charge in [0.2, 0.25) is 0 Å². The number of benzene rings is 6. The van der Waals surface area contributed by atoms with Gasteiger partial charge in [-0.15, -0.1) is 11.3 Å². The molecule has 0 N–H and O–H groups in total. The molecule has 2 aromatic heterocycles. The number of thiazole rings is 1. The minimum Gasteiger partial charge on any atom is -0.309 e. The van der Waals surface area contributed by atoms with E-state index in [-0.39, 0.29) is 5.92 Å². The summed E-state index contributed by atoms with van der Waals surface area (Å²) >= 11 is 1.70. The third-order valence-electron chi connectivity index (χ3n) is 8.40. The van der Waals surface area contributed by atoms with Crippen molar-refractivity contribution >= 4 is 54.1 Å². The quantitative estimate of drug-likeness (QED) is 0.224. The first kappa shape index (κ1) is 21.2. The van der Waals surface area contributed by atoms with Crippen LogP contribution in [-0.2, 0) is 0 Å². The molecule has 2 nitrogen and oxygen atoms in total. The maximum atomic E-state index is 4.51. The van der Waals surface area contributed by atoms with Gasteiger partial charge >= 0.3 is 0 Å². The van der Waals surface area contributed by atoms with Crippen LogP contribution in [0.4, 0.5) is 0 Å². The largest absolute Gasteiger partial charge is 0.309 e. The molecule has 1 aliphatic rings. The molecule has 0 amide bonds. The highest BCUT2D eigenvalue weighted by Gasteiger charge is 2.32. The zero-order chi connectivity index (χ0) is 25.5. The molecule has 3 heteroatoms. The summed E-state index contributed by atoms with van der Waals surface area (Å²) in [6.45, 7) is 0. The smallest absolute Gasteiger partial charge is 0.0813 e. The Kier molecular flexibility index (Phi) is 4.29. The lowest BCUT2D eigenvalue weighted by Crippen LogP contribution is -2.00. The highest BCUT2D eigenvalue weighted by Crippen LogP contribution is 2.52. The number of fused-ring (bicyclic) bond motifs is 9. The lowest BCUT2D eigenvalue weighted by atomic mass is 9.88. The Balaban J connectivity index is 1.42. The normalized spacial score (nSPS) is 14.4. The Bertz CT molecular complexity index is 2240. The Morgan fingerprint density at radius 2 is 1.44 bits per heavy atom. The fraction of sp³-hybridized carbons (Fsp3) is 0.0278. The van der Waals surface area contributed by atoms with E-state index in [1.54, 1.807) is 11.3 Å². The summed E-state index contributed by atoms with van der Waals surface area (Å²) in [5.41, 5.74) is 13.5. The number of rotatable bonds is 2. The SMILES string of the molecule is c1ccc(C2c3cc4c(cc3-c3c2ccc2ccccc32)c2ccccc2n4-c2ccc3ncsc3c2)cc1. The molecule has 0 bridgehead atoms. The van der Waals surface area contributed by atoms with Crippen molar-refractivity contribution in [3.63, 3.8) is 0 Å². The molecule has 2 heterocycles. The van der Waals surface area contributed by atoms with E-state index in [1.807, 2.05) is 5.51 Å². The number of hydrogen-bond donors (Lipinski definition) is 0. The summed E-state index contributed by atoms with van der Waals surface area (Å²) in [6.07, 6.45) is 0. The van der Waals surface area contributed by atoms with E-state index in [1.165, 1.54) is 70.8 Å².